The second-order valence-electron chi connectivity index (χ2n) is 4.55. The Balaban J connectivity index is 2.52. The molecule has 2 nitrogen and oxygen atoms in total. The molecule has 1 aromatic rings. The fourth-order valence-electron chi connectivity index (χ4n) is 1.31. The van der Waals surface area contributed by atoms with E-state index in [1.165, 1.54) is 0 Å². The predicted octanol–water partition coefficient (Wildman–Crippen LogP) is 3.46. The lowest BCUT2D eigenvalue weighted by Gasteiger charge is -2.22. The zero-order valence-corrected chi connectivity index (χ0v) is 10.9. The van der Waals surface area contributed by atoms with Gasteiger partial charge in [-0.1, -0.05) is 27.7 Å². The summed E-state index contributed by atoms with van der Waals surface area (Å²) in [7, 11) is 0. The van der Waals surface area contributed by atoms with Crippen LogP contribution in [0.15, 0.2) is 22.8 Å². The number of hydrogen-bond donors (Lipinski definition) is 1. The number of thioether (sulfide) groups is 1. The van der Waals surface area contributed by atoms with E-state index in [4.69, 9.17) is 4.42 Å². The quantitative estimate of drug-likeness (QED) is 0.834. The average Bonchev–Trinajstić information content (AvgIpc) is 2.63. The third kappa shape index (κ3) is 4.76. The van der Waals surface area contributed by atoms with Crippen LogP contribution in [0.5, 0.6) is 0 Å². The molecule has 1 heterocycles. The van der Waals surface area contributed by atoms with E-state index in [2.05, 4.69) is 33.0 Å². The van der Waals surface area contributed by atoms with Gasteiger partial charge in [0.15, 0.2) is 0 Å². The highest BCUT2D eigenvalue weighted by molar-refractivity contribution is 8.00. The normalized spacial score (nSPS) is 14.1. The van der Waals surface area contributed by atoms with Gasteiger partial charge in [-0.15, -0.1) is 0 Å². The predicted molar refractivity (Wildman–Crippen MR) is 67.3 cm³/mol. The van der Waals surface area contributed by atoms with Crippen molar-refractivity contribution in [2.75, 3.05) is 12.3 Å². The van der Waals surface area contributed by atoms with Crippen molar-refractivity contribution in [1.82, 2.24) is 5.32 Å². The zero-order chi connectivity index (χ0) is 11.3. The van der Waals surface area contributed by atoms with Crippen LogP contribution in [-0.4, -0.2) is 17.0 Å². The third-order valence-electron chi connectivity index (χ3n) is 2.02. The second kappa shape index (κ2) is 5.61. The molecule has 0 saturated heterocycles. The summed E-state index contributed by atoms with van der Waals surface area (Å²) in [6.07, 6.45) is 1.74. The maximum atomic E-state index is 5.44. The molecule has 86 valence electrons. The van der Waals surface area contributed by atoms with Crippen LogP contribution >= 0.6 is 11.8 Å². The summed E-state index contributed by atoms with van der Waals surface area (Å²) in [4.78, 5) is 0. The summed E-state index contributed by atoms with van der Waals surface area (Å²) in [5.41, 5.74) is 0. The summed E-state index contributed by atoms with van der Waals surface area (Å²) >= 11 is 1.96. The van der Waals surface area contributed by atoms with E-state index >= 15 is 0 Å². The van der Waals surface area contributed by atoms with Crippen molar-refractivity contribution in [1.29, 1.82) is 0 Å². The molecule has 1 aromatic heterocycles. The van der Waals surface area contributed by atoms with Gasteiger partial charge in [0.2, 0.25) is 0 Å². The molecule has 0 aromatic carbocycles. The molecule has 3 heteroatoms. The molecule has 0 aliphatic rings. The highest BCUT2D eigenvalue weighted by Crippen LogP contribution is 2.28. The molecule has 0 aliphatic carbocycles. The minimum atomic E-state index is 0.306. The number of rotatable bonds is 5. The van der Waals surface area contributed by atoms with Gasteiger partial charge in [-0.3, -0.25) is 0 Å². The first kappa shape index (κ1) is 12.7. The van der Waals surface area contributed by atoms with Crippen molar-refractivity contribution in [2.24, 2.45) is 0 Å². The largest absolute Gasteiger partial charge is 0.468 e. The van der Waals surface area contributed by atoms with Crippen molar-refractivity contribution in [3.63, 3.8) is 0 Å². The lowest BCUT2D eigenvalue weighted by molar-refractivity contribution is 0.440. The van der Waals surface area contributed by atoms with E-state index in [0.717, 1.165) is 18.1 Å². The molecule has 15 heavy (non-hydrogen) atoms. The molecular formula is C12H21NOS. The zero-order valence-electron chi connectivity index (χ0n) is 10.0. The topological polar surface area (TPSA) is 25.2 Å². The molecule has 0 saturated carbocycles. The van der Waals surface area contributed by atoms with Gasteiger partial charge in [-0.05, 0) is 18.7 Å². The van der Waals surface area contributed by atoms with Crippen molar-refractivity contribution in [2.45, 2.75) is 38.5 Å². The number of nitrogens with one attached hydrogen (secondary N) is 1. The maximum absolute atomic E-state index is 5.44. The Morgan fingerprint density at radius 1 is 1.47 bits per heavy atom. The van der Waals surface area contributed by atoms with Gasteiger partial charge in [-0.2, -0.15) is 11.8 Å². The van der Waals surface area contributed by atoms with E-state index in [0.29, 0.717) is 10.8 Å². The first-order valence-electron chi connectivity index (χ1n) is 5.43. The Morgan fingerprint density at radius 3 is 2.67 bits per heavy atom. The summed E-state index contributed by atoms with van der Waals surface area (Å²) < 4.78 is 5.74. The fraction of sp³-hybridized carbons (Fsp3) is 0.667. The van der Waals surface area contributed by atoms with Crippen molar-refractivity contribution >= 4 is 11.8 Å². The van der Waals surface area contributed by atoms with Crippen LogP contribution in [-0.2, 0) is 0 Å². The molecule has 1 N–H and O–H groups in total. The van der Waals surface area contributed by atoms with Crippen molar-refractivity contribution < 1.29 is 4.42 Å². The van der Waals surface area contributed by atoms with E-state index in [1.807, 2.05) is 23.9 Å². The van der Waals surface area contributed by atoms with Crippen LogP contribution in [0.2, 0.25) is 0 Å². The second-order valence-corrected chi connectivity index (χ2v) is 6.40. The Bertz CT molecular complexity index is 264. The SMILES string of the molecule is CCNC(CSC(C)(C)C)c1ccco1. The first-order chi connectivity index (χ1) is 7.03. The Kier molecular flexibility index (Phi) is 4.74. The fourth-order valence-corrected chi connectivity index (χ4v) is 2.26. The monoisotopic (exact) mass is 227 g/mol. The lowest BCUT2D eigenvalue weighted by Crippen LogP contribution is -2.24. The summed E-state index contributed by atoms with van der Waals surface area (Å²) in [5, 5.41) is 3.44. The highest BCUT2D eigenvalue weighted by atomic mass is 32.2. The highest BCUT2D eigenvalue weighted by Gasteiger charge is 2.18. The van der Waals surface area contributed by atoms with E-state index < -0.39 is 0 Å². The van der Waals surface area contributed by atoms with Gasteiger partial charge < -0.3 is 9.73 Å². The molecule has 0 radical (unpaired) electrons. The maximum Gasteiger partial charge on any atom is 0.121 e. The van der Waals surface area contributed by atoms with Gasteiger partial charge >= 0.3 is 0 Å². The molecule has 1 unspecified atom stereocenters. The van der Waals surface area contributed by atoms with Crippen LogP contribution in [0, 0.1) is 0 Å². The van der Waals surface area contributed by atoms with Gasteiger partial charge in [0.25, 0.3) is 0 Å². The van der Waals surface area contributed by atoms with Gasteiger partial charge in [-0.25, -0.2) is 0 Å². The minimum Gasteiger partial charge on any atom is -0.468 e. The summed E-state index contributed by atoms with van der Waals surface area (Å²) in [6, 6.07) is 4.31. The first-order valence-corrected chi connectivity index (χ1v) is 6.42. The van der Waals surface area contributed by atoms with E-state index in [9.17, 15) is 0 Å². The van der Waals surface area contributed by atoms with E-state index in [1.54, 1.807) is 6.26 Å². The minimum absolute atomic E-state index is 0.306. The Labute approximate surface area is 96.8 Å². The molecule has 0 spiro atoms. The van der Waals surface area contributed by atoms with Gasteiger partial charge in [0.1, 0.15) is 5.76 Å². The van der Waals surface area contributed by atoms with Crippen LogP contribution in [0.3, 0.4) is 0 Å². The van der Waals surface area contributed by atoms with E-state index in [-0.39, 0.29) is 0 Å². The standard InChI is InChI=1S/C12H21NOS/c1-5-13-10(9-15-12(2,3)4)11-7-6-8-14-11/h6-8,10,13H,5,9H2,1-4H3. The van der Waals surface area contributed by atoms with Gasteiger partial charge in [0.05, 0.1) is 12.3 Å². The molecule has 0 fully saturated rings. The van der Waals surface area contributed by atoms with Crippen LogP contribution in [0.1, 0.15) is 39.5 Å². The Hall–Kier alpha value is -0.410. The van der Waals surface area contributed by atoms with Crippen LogP contribution < -0.4 is 5.32 Å². The lowest BCUT2D eigenvalue weighted by atomic mass is 10.2. The smallest absolute Gasteiger partial charge is 0.121 e. The molecule has 0 amide bonds. The van der Waals surface area contributed by atoms with Crippen LogP contribution in [0.4, 0.5) is 0 Å². The number of hydrogen-bond acceptors (Lipinski definition) is 3. The summed E-state index contributed by atoms with van der Waals surface area (Å²) in [5.74, 6) is 2.08. The molecule has 1 atom stereocenters. The van der Waals surface area contributed by atoms with Crippen molar-refractivity contribution in [3.05, 3.63) is 24.2 Å². The number of furan rings is 1. The van der Waals surface area contributed by atoms with Crippen LogP contribution in [0.25, 0.3) is 0 Å². The summed E-state index contributed by atoms with van der Waals surface area (Å²) in [6.45, 7) is 9.81. The van der Waals surface area contributed by atoms with Crippen molar-refractivity contribution in [3.8, 4) is 0 Å². The molecule has 1 rings (SSSR count). The Morgan fingerprint density at radius 2 is 2.20 bits per heavy atom. The molecule has 0 aliphatic heterocycles. The average molecular weight is 227 g/mol. The molecular weight excluding hydrogens is 206 g/mol. The third-order valence-corrected chi connectivity index (χ3v) is 3.39. The van der Waals surface area contributed by atoms with Gasteiger partial charge in [0, 0.05) is 10.5 Å². The molecule has 0 bridgehead atoms.